The second kappa shape index (κ2) is 7.85. The van der Waals surface area contributed by atoms with Crippen molar-refractivity contribution in [3.63, 3.8) is 0 Å². The van der Waals surface area contributed by atoms with Crippen LogP contribution in [0.15, 0.2) is 30.5 Å². The van der Waals surface area contributed by atoms with Crippen molar-refractivity contribution < 1.29 is 14.0 Å². The van der Waals surface area contributed by atoms with Gasteiger partial charge in [-0.15, -0.1) is 5.10 Å². The van der Waals surface area contributed by atoms with E-state index in [1.807, 2.05) is 38.1 Å². The molecule has 0 unspecified atom stereocenters. The lowest BCUT2D eigenvalue weighted by Gasteiger charge is -2.23. The average Bonchev–Trinajstić information content (AvgIpc) is 3.39. The topological polar surface area (TPSA) is 97.9 Å². The Morgan fingerprint density at radius 2 is 2.07 bits per heavy atom. The zero-order valence-corrected chi connectivity index (χ0v) is 17.1. The summed E-state index contributed by atoms with van der Waals surface area (Å²) in [6.07, 6.45) is 0.590. The average molecular weight is 413 g/mol. The highest BCUT2D eigenvalue weighted by molar-refractivity contribution is 6.05. The van der Waals surface area contributed by atoms with E-state index in [4.69, 9.17) is 0 Å². The Morgan fingerprint density at radius 1 is 1.30 bits per heavy atom. The Morgan fingerprint density at radius 3 is 2.83 bits per heavy atom. The van der Waals surface area contributed by atoms with Gasteiger partial charge in [0.15, 0.2) is 11.4 Å². The van der Waals surface area contributed by atoms with Crippen molar-refractivity contribution in [1.29, 1.82) is 0 Å². The van der Waals surface area contributed by atoms with Gasteiger partial charge in [0, 0.05) is 24.9 Å². The van der Waals surface area contributed by atoms with Gasteiger partial charge >= 0.3 is 0 Å². The van der Waals surface area contributed by atoms with Gasteiger partial charge in [0.2, 0.25) is 0 Å². The molecule has 1 saturated heterocycles. The number of carbonyl (C=O) groups is 2. The Balaban J connectivity index is 1.55. The smallest absolute Gasteiger partial charge is 0.275 e. The van der Waals surface area contributed by atoms with Crippen LogP contribution >= 0.6 is 0 Å². The van der Waals surface area contributed by atoms with E-state index in [-0.39, 0.29) is 43.1 Å². The molecule has 30 heavy (non-hydrogen) atoms. The van der Waals surface area contributed by atoms with Gasteiger partial charge in [0.05, 0.1) is 30.8 Å². The number of likely N-dealkylation sites (tertiary alicyclic amines) is 1. The maximum atomic E-state index is 14.3. The van der Waals surface area contributed by atoms with Crippen LogP contribution in [0.25, 0.3) is 10.9 Å². The summed E-state index contributed by atoms with van der Waals surface area (Å²) < 4.78 is 17.4. The zero-order chi connectivity index (χ0) is 21.4. The molecule has 0 bridgehead atoms. The Kier molecular flexibility index (Phi) is 5.23. The quantitative estimate of drug-likeness (QED) is 0.685. The summed E-state index contributed by atoms with van der Waals surface area (Å²) in [6.45, 7) is 3.96. The van der Waals surface area contributed by atoms with E-state index in [0.717, 1.165) is 10.9 Å². The molecule has 3 heterocycles. The molecule has 2 atom stereocenters. The molecule has 1 aromatic carbocycles. The number of halogens is 1. The SMILES string of the molecule is CC(C)NC(=O)c1cn(C[C@@H]2C[C@H](F)CN2C(=O)c2nn(C)c3ccccc23)nn1. The van der Waals surface area contributed by atoms with Crippen molar-refractivity contribution in [1.82, 2.24) is 35.0 Å². The number of fused-ring (bicyclic) bond motifs is 1. The van der Waals surface area contributed by atoms with Crippen molar-refractivity contribution in [2.45, 2.75) is 45.1 Å². The first-order valence-electron chi connectivity index (χ1n) is 9.91. The van der Waals surface area contributed by atoms with Crippen LogP contribution < -0.4 is 5.32 Å². The van der Waals surface area contributed by atoms with E-state index >= 15 is 0 Å². The molecule has 0 aliphatic carbocycles. The molecule has 4 rings (SSSR count). The van der Waals surface area contributed by atoms with Gasteiger partial charge in [0.1, 0.15) is 6.17 Å². The number of hydrogen-bond donors (Lipinski definition) is 1. The molecule has 1 aliphatic heterocycles. The maximum absolute atomic E-state index is 14.3. The minimum Gasteiger partial charge on any atom is -0.348 e. The lowest BCUT2D eigenvalue weighted by Crippen LogP contribution is -2.38. The van der Waals surface area contributed by atoms with Gasteiger partial charge in [-0.05, 0) is 19.9 Å². The molecule has 1 aliphatic rings. The third kappa shape index (κ3) is 3.77. The molecule has 3 aromatic rings. The second-order valence-electron chi connectivity index (χ2n) is 7.89. The highest BCUT2D eigenvalue weighted by Gasteiger charge is 2.37. The summed E-state index contributed by atoms with van der Waals surface area (Å²) in [4.78, 5) is 26.8. The summed E-state index contributed by atoms with van der Waals surface area (Å²) in [7, 11) is 1.78. The molecule has 2 aromatic heterocycles. The number of para-hydroxylation sites is 1. The standard InChI is InChI=1S/C20H24FN7O2/c1-12(2)22-19(29)16-11-27(25-23-16)10-14-8-13(21)9-28(14)20(30)18-15-6-4-5-7-17(15)26(3)24-18/h4-7,11-14H,8-10H2,1-3H3,(H,22,29)/t13-,14-/m0/s1. The van der Waals surface area contributed by atoms with Gasteiger partial charge in [0.25, 0.3) is 11.8 Å². The Labute approximate surface area is 172 Å². The van der Waals surface area contributed by atoms with Crippen LogP contribution in [0.5, 0.6) is 0 Å². The van der Waals surface area contributed by atoms with Gasteiger partial charge in [-0.1, -0.05) is 23.4 Å². The highest BCUT2D eigenvalue weighted by atomic mass is 19.1. The van der Waals surface area contributed by atoms with E-state index in [1.165, 1.54) is 15.8 Å². The largest absolute Gasteiger partial charge is 0.348 e. The maximum Gasteiger partial charge on any atom is 0.275 e. The Bertz CT molecular complexity index is 1090. The second-order valence-corrected chi connectivity index (χ2v) is 7.89. The van der Waals surface area contributed by atoms with Crippen LogP contribution in [0, 0.1) is 0 Å². The molecule has 10 heteroatoms. The van der Waals surface area contributed by atoms with E-state index in [1.54, 1.807) is 11.7 Å². The number of hydrogen-bond acceptors (Lipinski definition) is 5. The van der Waals surface area contributed by atoms with E-state index in [9.17, 15) is 14.0 Å². The van der Waals surface area contributed by atoms with Crippen molar-refractivity contribution in [2.24, 2.45) is 7.05 Å². The van der Waals surface area contributed by atoms with Gasteiger partial charge in [-0.2, -0.15) is 5.10 Å². The van der Waals surface area contributed by atoms with Gasteiger partial charge in [-0.25, -0.2) is 9.07 Å². The minimum atomic E-state index is -1.12. The Hall–Kier alpha value is -3.30. The van der Waals surface area contributed by atoms with Crippen molar-refractivity contribution in [3.8, 4) is 0 Å². The van der Waals surface area contributed by atoms with Crippen molar-refractivity contribution >= 4 is 22.7 Å². The van der Waals surface area contributed by atoms with Crippen LogP contribution in [0.3, 0.4) is 0 Å². The van der Waals surface area contributed by atoms with E-state index < -0.39 is 12.2 Å². The van der Waals surface area contributed by atoms with Gasteiger partial charge in [-0.3, -0.25) is 14.3 Å². The summed E-state index contributed by atoms with van der Waals surface area (Å²) >= 11 is 0. The lowest BCUT2D eigenvalue weighted by molar-refractivity contribution is 0.0709. The highest BCUT2D eigenvalue weighted by Crippen LogP contribution is 2.26. The van der Waals surface area contributed by atoms with Crippen molar-refractivity contribution in [2.75, 3.05) is 6.54 Å². The van der Waals surface area contributed by atoms with Crippen LogP contribution in [-0.4, -0.2) is 66.3 Å². The third-order valence-electron chi connectivity index (χ3n) is 5.17. The number of rotatable bonds is 5. The molecular formula is C20H24FN7O2. The number of aromatic nitrogens is 5. The van der Waals surface area contributed by atoms with Crippen LogP contribution in [0.2, 0.25) is 0 Å². The molecule has 2 amide bonds. The molecule has 0 spiro atoms. The number of benzene rings is 1. The number of alkyl halides is 1. The summed E-state index contributed by atoms with van der Waals surface area (Å²) in [6, 6.07) is 7.02. The summed E-state index contributed by atoms with van der Waals surface area (Å²) in [5.74, 6) is -0.631. The van der Waals surface area contributed by atoms with Gasteiger partial charge < -0.3 is 10.2 Å². The zero-order valence-electron chi connectivity index (χ0n) is 17.1. The van der Waals surface area contributed by atoms with Crippen LogP contribution in [0.1, 0.15) is 41.2 Å². The molecule has 9 nitrogen and oxygen atoms in total. The molecule has 0 radical (unpaired) electrons. The van der Waals surface area contributed by atoms with Crippen LogP contribution in [-0.2, 0) is 13.6 Å². The predicted molar refractivity (Wildman–Crippen MR) is 108 cm³/mol. The first-order valence-corrected chi connectivity index (χ1v) is 9.91. The van der Waals surface area contributed by atoms with E-state index in [2.05, 4.69) is 20.7 Å². The monoisotopic (exact) mass is 413 g/mol. The normalized spacial score (nSPS) is 19.0. The molecule has 1 N–H and O–H groups in total. The van der Waals surface area contributed by atoms with Crippen LogP contribution in [0.4, 0.5) is 4.39 Å². The predicted octanol–water partition coefficient (Wildman–Crippen LogP) is 1.56. The number of amides is 2. The lowest BCUT2D eigenvalue weighted by atomic mass is 10.1. The van der Waals surface area contributed by atoms with E-state index in [0.29, 0.717) is 5.69 Å². The molecule has 158 valence electrons. The number of aryl methyl sites for hydroxylation is 1. The minimum absolute atomic E-state index is 0.00376. The first kappa shape index (κ1) is 20.0. The van der Waals surface area contributed by atoms with Crippen molar-refractivity contribution in [3.05, 3.63) is 41.9 Å². The molecule has 1 fully saturated rings. The first-order chi connectivity index (χ1) is 14.3. The third-order valence-corrected chi connectivity index (χ3v) is 5.17. The molecular weight excluding hydrogens is 389 g/mol. The fraction of sp³-hybridized carbons (Fsp3) is 0.450. The number of nitrogens with zero attached hydrogens (tertiary/aromatic N) is 6. The fourth-order valence-corrected chi connectivity index (χ4v) is 3.83. The number of nitrogens with one attached hydrogen (secondary N) is 1. The summed E-state index contributed by atoms with van der Waals surface area (Å²) in [5.41, 5.74) is 1.33. The molecule has 0 saturated carbocycles. The number of carbonyl (C=O) groups excluding carboxylic acids is 2. The summed E-state index contributed by atoms with van der Waals surface area (Å²) in [5, 5.41) is 15.7. The fourth-order valence-electron chi connectivity index (χ4n) is 3.83.